The van der Waals surface area contributed by atoms with Crippen LogP contribution in [0.2, 0.25) is 5.02 Å². The van der Waals surface area contributed by atoms with Crippen LogP contribution in [0.25, 0.3) is 0 Å². The molecule has 1 rings (SSSR count). The molecule has 0 atom stereocenters. The lowest BCUT2D eigenvalue weighted by Crippen LogP contribution is -2.40. The van der Waals surface area contributed by atoms with E-state index < -0.39 is 11.8 Å². The second kappa shape index (κ2) is 9.25. The molecular weight excluding hydrogens is 320 g/mol. The second-order valence-electron chi connectivity index (χ2n) is 4.93. The fourth-order valence-corrected chi connectivity index (χ4v) is 2.36. The summed E-state index contributed by atoms with van der Waals surface area (Å²) in [5.41, 5.74) is 0.333. The molecule has 0 aliphatic heterocycles. The van der Waals surface area contributed by atoms with Crippen molar-refractivity contribution in [2.45, 2.75) is 26.7 Å². The summed E-state index contributed by atoms with van der Waals surface area (Å²) >= 11 is 6.02. The number of methoxy groups -OCH3 is 2. The number of benzene rings is 1. The summed E-state index contributed by atoms with van der Waals surface area (Å²) in [6, 6.07) is 3.05. The fraction of sp³-hybridized carbons (Fsp3) is 0.500. The van der Waals surface area contributed by atoms with Gasteiger partial charge in [-0.3, -0.25) is 9.59 Å². The van der Waals surface area contributed by atoms with Gasteiger partial charge in [0, 0.05) is 25.2 Å². The van der Waals surface area contributed by atoms with Crippen molar-refractivity contribution < 1.29 is 19.1 Å². The van der Waals surface area contributed by atoms with E-state index >= 15 is 0 Å². The molecule has 1 aromatic rings. The van der Waals surface area contributed by atoms with Gasteiger partial charge in [-0.05, 0) is 12.8 Å². The Morgan fingerprint density at radius 3 is 2.13 bits per heavy atom. The molecule has 6 nitrogen and oxygen atoms in total. The highest BCUT2D eigenvalue weighted by atomic mass is 35.5. The van der Waals surface area contributed by atoms with Crippen molar-refractivity contribution in [2.75, 3.05) is 32.6 Å². The molecule has 0 aliphatic rings. The average Bonchev–Trinajstić information content (AvgIpc) is 2.54. The zero-order valence-corrected chi connectivity index (χ0v) is 14.7. The molecule has 0 spiro atoms. The molecule has 23 heavy (non-hydrogen) atoms. The highest BCUT2D eigenvalue weighted by molar-refractivity contribution is 6.40. The van der Waals surface area contributed by atoms with E-state index in [4.69, 9.17) is 21.1 Å². The van der Waals surface area contributed by atoms with Crippen LogP contribution in [0.5, 0.6) is 11.5 Å². The van der Waals surface area contributed by atoms with Crippen molar-refractivity contribution >= 4 is 29.1 Å². The quantitative estimate of drug-likeness (QED) is 0.773. The third-order valence-electron chi connectivity index (χ3n) is 3.19. The zero-order chi connectivity index (χ0) is 17.4. The Bertz CT molecular complexity index is 557. The van der Waals surface area contributed by atoms with E-state index in [1.807, 2.05) is 13.8 Å². The van der Waals surface area contributed by atoms with Gasteiger partial charge in [0.25, 0.3) is 0 Å². The van der Waals surface area contributed by atoms with Crippen molar-refractivity contribution in [3.8, 4) is 11.5 Å². The lowest BCUT2D eigenvalue weighted by molar-refractivity contribution is -0.143. The van der Waals surface area contributed by atoms with E-state index in [2.05, 4.69) is 5.32 Å². The zero-order valence-electron chi connectivity index (χ0n) is 13.9. The van der Waals surface area contributed by atoms with Gasteiger partial charge in [0.15, 0.2) is 0 Å². The summed E-state index contributed by atoms with van der Waals surface area (Å²) < 4.78 is 10.3. The predicted molar refractivity (Wildman–Crippen MR) is 90.3 cm³/mol. The van der Waals surface area contributed by atoms with Crippen LogP contribution in [0.3, 0.4) is 0 Å². The molecule has 0 heterocycles. The molecule has 0 bridgehead atoms. The standard InChI is InChI=1S/C16H23ClN2O4/c1-5-7-19(8-6-2)16(21)15(20)18-12-10-13(22-3)11(17)9-14(12)23-4/h9-10H,5-8H2,1-4H3,(H,18,20). The maximum absolute atomic E-state index is 12.3. The van der Waals surface area contributed by atoms with Crippen molar-refractivity contribution in [1.82, 2.24) is 4.90 Å². The van der Waals surface area contributed by atoms with Gasteiger partial charge in [-0.2, -0.15) is 0 Å². The van der Waals surface area contributed by atoms with Crippen LogP contribution in [0.1, 0.15) is 26.7 Å². The van der Waals surface area contributed by atoms with Gasteiger partial charge in [-0.1, -0.05) is 25.4 Å². The Kier molecular flexibility index (Phi) is 7.68. The Balaban J connectivity index is 2.97. The first kappa shape index (κ1) is 19.1. The summed E-state index contributed by atoms with van der Waals surface area (Å²) in [7, 11) is 2.92. The van der Waals surface area contributed by atoms with Gasteiger partial charge in [0.1, 0.15) is 11.5 Å². The summed E-state index contributed by atoms with van der Waals surface area (Å²) in [5.74, 6) is -0.539. The van der Waals surface area contributed by atoms with Crippen molar-refractivity contribution in [3.05, 3.63) is 17.2 Å². The predicted octanol–water partition coefficient (Wildman–Crippen LogP) is 2.94. The van der Waals surface area contributed by atoms with E-state index in [-0.39, 0.29) is 0 Å². The first-order chi connectivity index (χ1) is 11.0. The molecule has 0 saturated heterocycles. The number of ether oxygens (including phenoxy) is 2. The molecule has 1 N–H and O–H groups in total. The number of anilines is 1. The number of nitrogens with one attached hydrogen (secondary N) is 1. The molecule has 0 radical (unpaired) electrons. The molecule has 0 unspecified atom stereocenters. The molecule has 128 valence electrons. The highest BCUT2D eigenvalue weighted by Gasteiger charge is 2.22. The van der Waals surface area contributed by atoms with Crippen molar-refractivity contribution in [2.24, 2.45) is 0 Å². The van der Waals surface area contributed by atoms with Crippen LogP contribution in [0, 0.1) is 0 Å². The smallest absolute Gasteiger partial charge is 0.314 e. The number of nitrogens with zero attached hydrogens (tertiary/aromatic N) is 1. The summed E-state index contributed by atoms with van der Waals surface area (Å²) in [5, 5.41) is 2.92. The van der Waals surface area contributed by atoms with Gasteiger partial charge in [-0.25, -0.2) is 0 Å². The molecular formula is C16H23ClN2O4. The lowest BCUT2D eigenvalue weighted by atomic mass is 10.2. The molecule has 7 heteroatoms. The highest BCUT2D eigenvalue weighted by Crippen LogP contribution is 2.35. The SMILES string of the molecule is CCCN(CCC)C(=O)C(=O)Nc1cc(OC)c(Cl)cc1OC. The van der Waals surface area contributed by atoms with Crippen LogP contribution in [0.4, 0.5) is 5.69 Å². The first-order valence-electron chi connectivity index (χ1n) is 7.50. The first-order valence-corrected chi connectivity index (χ1v) is 7.87. The van der Waals surface area contributed by atoms with Crippen molar-refractivity contribution in [1.29, 1.82) is 0 Å². The van der Waals surface area contributed by atoms with Gasteiger partial charge < -0.3 is 19.7 Å². The molecule has 0 fully saturated rings. The Morgan fingerprint density at radius 1 is 1.09 bits per heavy atom. The third-order valence-corrected chi connectivity index (χ3v) is 3.49. The topological polar surface area (TPSA) is 67.9 Å². The normalized spacial score (nSPS) is 10.1. The number of amides is 2. The largest absolute Gasteiger partial charge is 0.495 e. The minimum atomic E-state index is -0.713. The van der Waals surface area contributed by atoms with E-state index in [0.29, 0.717) is 35.3 Å². The van der Waals surface area contributed by atoms with Gasteiger partial charge in [-0.15, -0.1) is 0 Å². The molecule has 2 amide bonds. The maximum Gasteiger partial charge on any atom is 0.314 e. The molecule has 1 aromatic carbocycles. The third kappa shape index (κ3) is 5.03. The van der Waals surface area contributed by atoms with Crippen LogP contribution in [-0.4, -0.2) is 44.0 Å². The minimum Gasteiger partial charge on any atom is -0.495 e. The summed E-state index contributed by atoms with van der Waals surface area (Å²) in [4.78, 5) is 26.0. The maximum atomic E-state index is 12.3. The minimum absolute atomic E-state index is 0.333. The van der Waals surface area contributed by atoms with E-state index in [1.165, 1.54) is 31.3 Å². The number of rotatable bonds is 7. The fourth-order valence-electron chi connectivity index (χ4n) is 2.13. The number of hydrogen-bond donors (Lipinski definition) is 1. The number of halogens is 1. The Morgan fingerprint density at radius 2 is 1.65 bits per heavy atom. The summed E-state index contributed by atoms with van der Waals surface area (Å²) in [6.07, 6.45) is 1.58. The van der Waals surface area contributed by atoms with E-state index in [0.717, 1.165) is 12.8 Å². The van der Waals surface area contributed by atoms with Gasteiger partial charge in [0.05, 0.1) is 24.9 Å². The van der Waals surface area contributed by atoms with Crippen LogP contribution in [-0.2, 0) is 9.59 Å². The van der Waals surface area contributed by atoms with Crippen LogP contribution in [0.15, 0.2) is 12.1 Å². The lowest BCUT2D eigenvalue weighted by Gasteiger charge is -2.21. The Labute approximate surface area is 141 Å². The van der Waals surface area contributed by atoms with Crippen LogP contribution >= 0.6 is 11.6 Å². The van der Waals surface area contributed by atoms with E-state index in [9.17, 15) is 9.59 Å². The van der Waals surface area contributed by atoms with E-state index in [1.54, 1.807) is 0 Å². The van der Waals surface area contributed by atoms with Crippen molar-refractivity contribution in [3.63, 3.8) is 0 Å². The van der Waals surface area contributed by atoms with Gasteiger partial charge in [0.2, 0.25) is 0 Å². The molecule has 0 aromatic heterocycles. The molecule has 0 saturated carbocycles. The summed E-state index contributed by atoms with van der Waals surface area (Å²) in [6.45, 7) is 5.00. The van der Waals surface area contributed by atoms with Gasteiger partial charge >= 0.3 is 11.8 Å². The molecule has 0 aliphatic carbocycles. The number of carbonyl (C=O) groups excluding carboxylic acids is 2. The Hall–Kier alpha value is -1.95. The monoisotopic (exact) mass is 342 g/mol. The second-order valence-corrected chi connectivity index (χ2v) is 5.34. The van der Waals surface area contributed by atoms with Crippen LogP contribution < -0.4 is 14.8 Å². The average molecular weight is 343 g/mol. The number of hydrogen-bond acceptors (Lipinski definition) is 4. The number of carbonyl (C=O) groups is 2.